The fraction of sp³-hybridized carbons (Fsp3) is 0.444. The van der Waals surface area contributed by atoms with Gasteiger partial charge in [-0.25, -0.2) is 0 Å². The number of nitro groups is 1. The van der Waals surface area contributed by atoms with Crippen molar-refractivity contribution in [3.05, 3.63) is 46.5 Å². The maximum Gasteiger partial charge on any atom is 0.269 e. The van der Waals surface area contributed by atoms with Crippen LogP contribution in [0.15, 0.2) is 36.4 Å². The fourth-order valence-electron chi connectivity index (χ4n) is 3.55. The molecule has 0 N–H and O–H groups in total. The van der Waals surface area contributed by atoms with Crippen molar-refractivity contribution in [2.24, 2.45) is 11.8 Å². The number of hydrogen-bond donors (Lipinski definition) is 0. The van der Waals surface area contributed by atoms with E-state index in [1.165, 1.54) is 12.1 Å². The molecule has 1 aliphatic carbocycles. The van der Waals surface area contributed by atoms with Crippen molar-refractivity contribution in [1.29, 1.82) is 0 Å². The van der Waals surface area contributed by atoms with E-state index in [0.717, 1.165) is 5.69 Å². The summed E-state index contributed by atoms with van der Waals surface area (Å²) in [5.74, 6) is -2.62. The number of carboxylic acid groups (broad SMARTS) is 1. The van der Waals surface area contributed by atoms with E-state index < -0.39 is 22.7 Å². The molecular weight excluding hydrogens is 338 g/mol. The second-order valence-corrected chi connectivity index (χ2v) is 6.56. The third-order valence-electron chi connectivity index (χ3n) is 5.07. The smallest absolute Gasteiger partial charge is 0.269 e. The van der Waals surface area contributed by atoms with Crippen LogP contribution in [0.1, 0.15) is 12.8 Å². The quantitative estimate of drug-likeness (QED) is 0.443. The number of benzene rings is 1. The molecule has 0 bridgehead atoms. The lowest BCUT2D eigenvalue weighted by atomic mass is 9.82. The van der Waals surface area contributed by atoms with Crippen molar-refractivity contribution in [3.8, 4) is 0 Å². The Balaban J connectivity index is 1.61. The number of aliphatic carboxylic acids is 1. The normalized spacial score (nSPS) is 22.9. The first-order chi connectivity index (χ1) is 12.5. The van der Waals surface area contributed by atoms with E-state index in [-0.39, 0.29) is 11.6 Å². The lowest BCUT2D eigenvalue weighted by Gasteiger charge is -2.39. The number of nitrogens with zero attached hydrogens (tertiary/aromatic N) is 3. The Hall–Kier alpha value is -2.90. The molecule has 1 aromatic rings. The van der Waals surface area contributed by atoms with Crippen LogP contribution in [0.3, 0.4) is 0 Å². The Morgan fingerprint density at radius 2 is 1.54 bits per heavy atom. The maximum absolute atomic E-state index is 12.7. The summed E-state index contributed by atoms with van der Waals surface area (Å²) in [6.45, 7) is 2.19. The highest BCUT2D eigenvalue weighted by Gasteiger charge is 2.34. The van der Waals surface area contributed by atoms with E-state index in [2.05, 4.69) is 4.90 Å². The summed E-state index contributed by atoms with van der Waals surface area (Å²) >= 11 is 0. The fourth-order valence-corrected chi connectivity index (χ4v) is 3.55. The highest BCUT2D eigenvalue weighted by Crippen LogP contribution is 2.28. The molecule has 1 amide bonds. The molecule has 0 saturated carbocycles. The standard InChI is InChI=1S/C18H21N3O5/c22-17(15-3-1-2-4-16(15)18(23)24)20-11-9-19(10-12-20)13-5-7-14(8-6-13)21(25)26/h1-2,5-8,15-16H,3-4,9-12H2,(H,23,24)/p-1/t15-,16-/m0/s1. The lowest BCUT2D eigenvalue weighted by Crippen LogP contribution is -2.52. The molecule has 2 aliphatic rings. The molecule has 2 atom stereocenters. The number of non-ortho nitro benzene ring substituents is 1. The highest BCUT2D eigenvalue weighted by atomic mass is 16.6. The van der Waals surface area contributed by atoms with E-state index >= 15 is 0 Å². The minimum atomic E-state index is -1.17. The molecule has 0 aromatic heterocycles. The van der Waals surface area contributed by atoms with Gasteiger partial charge in [-0.1, -0.05) is 12.2 Å². The van der Waals surface area contributed by atoms with Crippen LogP contribution >= 0.6 is 0 Å². The summed E-state index contributed by atoms with van der Waals surface area (Å²) in [5.41, 5.74) is 0.914. The Kier molecular flexibility index (Phi) is 5.20. The molecule has 8 nitrogen and oxygen atoms in total. The number of carboxylic acids is 1. The van der Waals surface area contributed by atoms with Crippen LogP contribution < -0.4 is 10.0 Å². The molecule has 1 aromatic carbocycles. The molecule has 26 heavy (non-hydrogen) atoms. The predicted molar refractivity (Wildman–Crippen MR) is 92.3 cm³/mol. The summed E-state index contributed by atoms with van der Waals surface area (Å²) in [4.78, 5) is 38.1. The molecule has 8 heteroatoms. The number of rotatable bonds is 4. The van der Waals surface area contributed by atoms with Gasteiger partial charge < -0.3 is 19.7 Å². The Morgan fingerprint density at radius 3 is 2.08 bits per heavy atom. The third kappa shape index (κ3) is 3.68. The number of piperazine rings is 1. The van der Waals surface area contributed by atoms with E-state index in [1.807, 2.05) is 6.08 Å². The van der Waals surface area contributed by atoms with Gasteiger partial charge in [-0.15, -0.1) is 0 Å². The Labute approximate surface area is 150 Å². The van der Waals surface area contributed by atoms with Crippen LogP contribution in [-0.4, -0.2) is 47.9 Å². The van der Waals surface area contributed by atoms with Crippen LogP contribution in [0, 0.1) is 22.0 Å². The molecule has 1 fully saturated rings. The van der Waals surface area contributed by atoms with Gasteiger partial charge in [0.15, 0.2) is 0 Å². The van der Waals surface area contributed by atoms with Gasteiger partial charge in [0.05, 0.1) is 4.92 Å². The highest BCUT2D eigenvalue weighted by molar-refractivity contribution is 5.85. The molecule has 0 spiro atoms. The van der Waals surface area contributed by atoms with Crippen molar-refractivity contribution < 1.29 is 19.6 Å². The zero-order chi connectivity index (χ0) is 18.7. The first-order valence-electron chi connectivity index (χ1n) is 8.61. The van der Waals surface area contributed by atoms with Gasteiger partial charge in [-0.3, -0.25) is 14.9 Å². The van der Waals surface area contributed by atoms with E-state index in [9.17, 15) is 24.8 Å². The molecule has 0 radical (unpaired) electrons. The average molecular weight is 358 g/mol. The lowest BCUT2D eigenvalue weighted by molar-refractivity contribution is -0.384. The maximum atomic E-state index is 12.7. The number of carbonyl (C=O) groups is 2. The topological polar surface area (TPSA) is 107 Å². The SMILES string of the molecule is O=C([O-])[C@H]1CC=CC[C@@H]1C(=O)N1CCN(c2ccc([N+](=O)[O-])cc2)CC1. The molecule has 3 rings (SSSR count). The number of amides is 1. The van der Waals surface area contributed by atoms with Gasteiger partial charge in [0.25, 0.3) is 5.69 Å². The zero-order valence-corrected chi connectivity index (χ0v) is 14.2. The number of anilines is 1. The predicted octanol–water partition coefficient (Wildman–Crippen LogP) is 0.576. The largest absolute Gasteiger partial charge is 0.550 e. The molecule has 138 valence electrons. The zero-order valence-electron chi connectivity index (χ0n) is 14.2. The van der Waals surface area contributed by atoms with Crippen LogP contribution in [0.5, 0.6) is 0 Å². The van der Waals surface area contributed by atoms with Crippen LogP contribution in [0.25, 0.3) is 0 Å². The van der Waals surface area contributed by atoms with Crippen molar-refractivity contribution in [2.75, 3.05) is 31.1 Å². The minimum Gasteiger partial charge on any atom is -0.550 e. The Morgan fingerprint density at radius 1 is 0.962 bits per heavy atom. The van der Waals surface area contributed by atoms with Gasteiger partial charge >= 0.3 is 0 Å². The van der Waals surface area contributed by atoms with Crippen molar-refractivity contribution >= 4 is 23.3 Å². The van der Waals surface area contributed by atoms with Crippen molar-refractivity contribution in [2.45, 2.75) is 12.8 Å². The summed E-state index contributed by atoms with van der Waals surface area (Å²) in [7, 11) is 0. The van der Waals surface area contributed by atoms with Crippen LogP contribution in [0.2, 0.25) is 0 Å². The molecular formula is C18H20N3O5-. The van der Waals surface area contributed by atoms with Crippen LogP contribution in [0.4, 0.5) is 11.4 Å². The molecule has 1 aliphatic heterocycles. The van der Waals surface area contributed by atoms with Crippen molar-refractivity contribution in [3.63, 3.8) is 0 Å². The number of allylic oxidation sites excluding steroid dienone is 2. The minimum absolute atomic E-state index is 0.0428. The first kappa shape index (κ1) is 17.9. The summed E-state index contributed by atoms with van der Waals surface area (Å²) < 4.78 is 0. The number of nitro benzene ring substituents is 1. The average Bonchev–Trinajstić information content (AvgIpc) is 2.67. The number of carbonyl (C=O) groups excluding carboxylic acids is 2. The second kappa shape index (κ2) is 7.55. The molecule has 1 heterocycles. The summed E-state index contributed by atoms with van der Waals surface area (Å²) in [6.07, 6.45) is 4.41. The van der Waals surface area contributed by atoms with E-state index in [0.29, 0.717) is 39.0 Å². The van der Waals surface area contributed by atoms with Gasteiger partial charge in [0.2, 0.25) is 5.91 Å². The molecule has 1 saturated heterocycles. The third-order valence-corrected chi connectivity index (χ3v) is 5.07. The van der Waals surface area contributed by atoms with Gasteiger partial charge in [-0.05, 0) is 25.0 Å². The second-order valence-electron chi connectivity index (χ2n) is 6.56. The van der Waals surface area contributed by atoms with Crippen LogP contribution in [-0.2, 0) is 9.59 Å². The van der Waals surface area contributed by atoms with Gasteiger partial charge in [-0.2, -0.15) is 0 Å². The monoisotopic (exact) mass is 358 g/mol. The Bertz CT molecular complexity index is 723. The molecule has 0 unspecified atom stereocenters. The first-order valence-corrected chi connectivity index (χ1v) is 8.61. The van der Waals surface area contributed by atoms with E-state index in [1.54, 1.807) is 23.1 Å². The van der Waals surface area contributed by atoms with E-state index in [4.69, 9.17) is 0 Å². The summed E-state index contributed by atoms with van der Waals surface area (Å²) in [5, 5.41) is 22.0. The van der Waals surface area contributed by atoms with Gasteiger partial charge in [0.1, 0.15) is 0 Å². The van der Waals surface area contributed by atoms with Gasteiger partial charge in [0, 0.05) is 61.8 Å². The summed E-state index contributed by atoms with van der Waals surface area (Å²) in [6, 6.07) is 6.33. The van der Waals surface area contributed by atoms with Crippen molar-refractivity contribution in [1.82, 2.24) is 4.90 Å². The number of hydrogen-bond acceptors (Lipinski definition) is 6.